The van der Waals surface area contributed by atoms with Gasteiger partial charge in [0.15, 0.2) is 0 Å². The van der Waals surface area contributed by atoms with Gasteiger partial charge in [0.25, 0.3) is 0 Å². The van der Waals surface area contributed by atoms with Crippen molar-refractivity contribution in [3.8, 4) is 0 Å². The zero-order chi connectivity index (χ0) is 9.03. The van der Waals surface area contributed by atoms with Crippen molar-refractivity contribution in [1.29, 1.82) is 0 Å². The van der Waals surface area contributed by atoms with E-state index in [0.717, 1.165) is 0 Å². The molecule has 12 heavy (non-hydrogen) atoms. The molecule has 1 aliphatic rings. The Morgan fingerprint density at radius 1 is 1.42 bits per heavy atom. The fraction of sp³-hybridized carbons (Fsp3) is 0.750. The van der Waals surface area contributed by atoms with Gasteiger partial charge < -0.3 is 0 Å². The van der Waals surface area contributed by atoms with Gasteiger partial charge in [-0.2, -0.15) is 0 Å². The summed E-state index contributed by atoms with van der Waals surface area (Å²) in [4.78, 5) is 0. The van der Waals surface area contributed by atoms with Crippen molar-refractivity contribution < 1.29 is 0 Å². The molecule has 0 N–H and O–H groups in total. The van der Waals surface area contributed by atoms with Gasteiger partial charge in [-0.25, -0.2) is 0 Å². The number of hydrogen-bond donors (Lipinski definition) is 0. The number of rotatable bonds is 3. The molecule has 1 saturated carbocycles. The third kappa shape index (κ3) is 1.64. The van der Waals surface area contributed by atoms with Crippen LogP contribution in [0.4, 0.5) is 0 Å². The van der Waals surface area contributed by atoms with E-state index in [1.165, 1.54) is 44.1 Å². The van der Waals surface area contributed by atoms with Gasteiger partial charge >= 0.3 is 0 Å². The minimum absolute atomic E-state index is 0.497. The summed E-state index contributed by atoms with van der Waals surface area (Å²) in [6, 6.07) is 0. The van der Waals surface area contributed by atoms with E-state index >= 15 is 0 Å². The van der Waals surface area contributed by atoms with E-state index in [2.05, 4.69) is 26.2 Å². The highest BCUT2D eigenvalue weighted by Gasteiger charge is 2.34. The molecule has 0 aliphatic heterocycles. The normalized spacial score (nSPS) is 20.5. The zero-order valence-electron chi connectivity index (χ0n) is 8.45. The molecule has 0 atom stereocenters. The van der Waals surface area contributed by atoms with E-state index in [9.17, 15) is 0 Å². The minimum Gasteiger partial charge on any atom is -0.129 e. The van der Waals surface area contributed by atoms with Crippen molar-refractivity contribution in [1.82, 2.24) is 0 Å². The van der Waals surface area contributed by atoms with E-state index in [1.807, 2.05) is 0 Å². The lowest BCUT2D eigenvalue weighted by Gasteiger charge is -2.28. The Hall–Kier alpha value is -0.480. The summed E-state index contributed by atoms with van der Waals surface area (Å²) < 4.78 is 0. The molecule has 0 aromatic heterocycles. The monoisotopic (exact) mass is 164 g/mol. The minimum atomic E-state index is 0.497. The van der Waals surface area contributed by atoms with Crippen molar-refractivity contribution >= 4 is 0 Å². The van der Waals surface area contributed by atoms with E-state index in [0.29, 0.717) is 5.41 Å². The van der Waals surface area contributed by atoms with Crippen molar-refractivity contribution in [2.75, 3.05) is 0 Å². The van der Waals surface area contributed by atoms with Crippen LogP contribution in [0.2, 0.25) is 0 Å². The molecule has 0 spiro atoms. The molecule has 1 aliphatic carbocycles. The van der Waals surface area contributed by atoms with Gasteiger partial charge in [0, 0.05) is 0 Å². The molecule has 0 heterocycles. The van der Waals surface area contributed by atoms with E-state index < -0.39 is 0 Å². The molecule has 0 radical (unpaired) electrons. The summed E-state index contributed by atoms with van der Waals surface area (Å²) in [5, 5.41) is 0. The highest BCUT2D eigenvalue weighted by Crippen LogP contribution is 2.46. The second-order valence-electron chi connectivity index (χ2n) is 4.04. The first-order valence-corrected chi connectivity index (χ1v) is 5.12. The van der Waals surface area contributed by atoms with Gasteiger partial charge in [-0.05, 0) is 37.2 Å². The summed E-state index contributed by atoms with van der Waals surface area (Å²) in [5.74, 6) is 0. The number of hydrogen-bond acceptors (Lipinski definition) is 0. The lowest BCUT2D eigenvalue weighted by atomic mass is 9.76. The quantitative estimate of drug-likeness (QED) is 0.551. The van der Waals surface area contributed by atoms with Crippen LogP contribution in [0.15, 0.2) is 17.9 Å². The van der Waals surface area contributed by atoms with Gasteiger partial charge in [0.05, 0.1) is 0 Å². The van der Waals surface area contributed by atoms with E-state index in [1.54, 1.807) is 0 Å². The van der Waals surface area contributed by atoms with Crippen LogP contribution >= 0.6 is 0 Å². The predicted octanol–water partition coefficient (Wildman–Crippen LogP) is 4.08. The van der Waals surface area contributed by atoms with Crippen LogP contribution in [-0.4, -0.2) is 0 Å². The average Bonchev–Trinajstić information content (AvgIpc) is 2.53. The third-order valence-corrected chi connectivity index (χ3v) is 3.35. The first kappa shape index (κ1) is 9.61. The smallest absolute Gasteiger partial charge is 0.00154 e. The maximum Gasteiger partial charge on any atom is -0.00154 e. The zero-order valence-corrected chi connectivity index (χ0v) is 8.45. The molecule has 0 nitrogen and oxygen atoms in total. The Balaban J connectivity index is 2.78. The molecule has 68 valence electrons. The van der Waals surface area contributed by atoms with Crippen LogP contribution in [0, 0.1) is 5.41 Å². The maximum absolute atomic E-state index is 3.77. The standard InChI is InChI=1S/C12H20/c1-4-8-12(11(3)5-2)9-6-7-10-12/h2,4,6-10H2,1,3H3. The number of allylic oxidation sites excluding steroid dienone is 1. The Bertz CT molecular complexity index is 188. The van der Waals surface area contributed by atoms with E-state index in [4.69, 9.17) is 0 Å². The fourth-order valence-electron chi connectivity index (χ4n) is 2.53. The first-order valence-electron chi connectivity index (χ1n) is 5.12. The Labute approximate surface area is 76.4 Å². The summed E-state index contributed by atoms with van der Waals surface area (Å²) in [6.45, 7) is 8.25. The van der Waals surface area contributed by atoms with Crippen molar-refractivity contribution in [3.05, 3.63) is 17.9 Å². The largest absolute Gasteiger partial charge is 0.129 e. The Morgan fingerprint density at radius 3 is 2.42 bits per heavy atom. The summed E-state index contributed by atoms with van der Waals surface area (Å²) >= 11 is 0. The van der Waals surface area contributed by atoms with Gasteiger partial charge in [0.2, 0.25) is 0 Å². The maximum atomic E-state index is 3.77. The van der Waals surface area contributed by atoms with Crippen LogP contribution in [0.5, 0.6) is 0 Å². The molecule has 1 rings (SSSR count). The first-order chi connectivity index (χ1) is 5.75. The average molecular weight is 164 g/mol. The predicted molar refractivity (Wildman–Crippen MR) is 54.1 cm³/mol. The third-order valence-electron chi connectivity index (χ3n) is 3.35. The summed E-state index contributed by atoms with van der Waals surface area (Å²) in [7, 11) is 0. The van der Waals surface area contributed by atoms with Crippen molar-refractivity contribution in [3.63, 3.8) is 0 Å². The highest BCUT2D eigenvalue weighted by atomic mass is 14.4. The molecule has 0 aromatic carbocycles. The summed E-state index contributed by atoms with van der Waals surface area (Å²) in [5.41, 5.74) is 5.00. The van der Waals surface area contributed by atoms with Gasteiger partial charge in [-0.1, -0.05) is 32.8 Å². The van der Waals surface area contributed by atoms with Gasteiger partial charge in [0.1, 0.15) is 0 Å². The van der Waals surface area contributed by atoms with Crippen LogP contribution in [0.25, 0.3) is 0 Å². The topological polar surface area (TPSA) is 0 Å². The fourth-order valence-corrected chi connectivity index (χ4v) is 2.53. The molecular formula is C12H20. The second-order valence-corrected chi connectivity index (χ2v) is 4.04. The van der Waals surface area contributed by atoms with Crippen LogP contribution in [0.3, 0.4) is 0 Å². The van der Waals surface area contributed by atoms with E-state index in [-0.39, 0.29) is 0 Å². The Kier molecular flexibility index (Phi) is 3.17. The molecule has 0 bridgehead atoms. The molecule has 0 heteroatoms. The molecule has 0 saturated heterocycles. The molecular weight excluding hydrogens is 144 g/mol. The van der Waals surface area contributed by atoms with Crippen LogP contribution < -0.4 is 0 Å². The lowest BCUT2D eigenvalue weighted by molar-refractivity contribution is 0.334. The Morgan fingerprint density at radius 2 is 2.00 bits per heavy atom. The van der Waals surface area contributed by atoms with Crippen LogP contribution in [-0.2, 0) is 0 Å². The van der Waals surface area contributed by atoms with Gasteiger partial charge in [-0.15, -0.1) is 5.73 Å². The molecule has 0 amide bonds. The van der Waals surface area contributed by atoms with Gasteiger partial charge in [-0.3, -0.25) is 0 Å². The SMILES string of the molecule is C=C=C(C)C1(CCC)CCCC1. The molecule has 0 aromatic rings. The highest BCUT2D eigenvalue weighted by molar-refractivity contribution is 5.12. The molecule has 1 fully saturated rings. The van der Waals surface area contributed by atoms with Crippen molar-refractivity contribution in [2.45, 2.75) is 52.4 Å². The molecule has 0 unspecified atom stereocenters. The second kappa shape index (κ2) is 3.96. The summed E-state index contributed by atoms with van der Waals surface area (Å²) in [6.07, 6.45) is 8.17. The lowest BCUT2D eigenvalue weighted by Crippen LogP contribution is -2.16. The van der Waals surface area contributed by atoms with Crippen molar-refractivity contribution in [2.24, 2.45) is 5.41 Å². The van der Waals surface area contributed by atoms with Crippen LogP contribution in [0.1, 0.15) is 52.4 Å².